The molecule has 0 spiro atoms. The van der Waals surface area contributed by atoms with E-state index in [1.54, 1.807) is 7.11 Å². The van der Waals surface area contributed by atoms with Gasteiger partial charge in [-0.2, -0.15) is 11.8 Å². The second-order valence-electron chi connectivity index (χ2n) is 6.44. The van der Waals surface area contributed by atoms with Crippen molar-refractivity contribution < 1.29 is 14.2 Å². The molecule has 2 rings (SSSR count). The van der Waals surface area contributed by atoms with Crippen LogP contribution < -0.4 is 10.6 Å². The number of nitrogens with zero attached hydrogens (tertiary/aromatic N) is 2. The Morgan fingerprint density at radius 1 is 1.23 bits per heavy atom. The number of methoxy groups -OCH3 is 1. The SMILES string of the molecule is CN=C(NCCCOCCOC)NCC1(N2CCOCC2)CCSC1.I. The zero-order chi connectivity index (χ0) is 17.8. The third kappa shape index (κ3) is 8.05. The first-order valence-corrected chi connectivity index (χ1v) is 10.4. The molecule has 0 radical (unpaired) electrons. The summed E-state index contributed by atoms with van der Waals surface area (Å²) in [5.74, 6) is 3.30. The third-order valence-electron chi connectivity index (χ3n) is 4.76. The first-order chi connectivity index (χ1) is 12.3. The molecule has 1 unspecified atom stereocenters. The van der Waals surface area contributed by atoms with E-state index in [-0.39, 0.29) is 29.5 Å². The van der Waals surface area contributed by atoms with E-state index < -0.39 is 0 Å². The molecule has 1 atom stereocenters. The molecule has 2 fully saturated rings. The number of morpholine rings is 1. The predicted octanol–water partition coefficient (Wildman–Crippen LogP) is 1.03. The smallest absolute Gasteiger partial charge is 0.191 e. The Kier molecular flexibility index (Phi) is 13.3. The molecular formula is C17H35IN4O3S. The van der Waals surface area contributed by atoms with Crippen molar-refractivity contribution in [1.29, 1.82) is 0 Å². The van der Waals surface area contributed by atoms with Crippen LogP contribution in [0.4, 0.5) is 0 Å². The van der Waals surface area contributed by atoms with E-state index in [2.05, 4.69) is 32.3 Å². The summed E-state index contributed by atoms with van der Waals surface area (Å²) in [7, 11) is 3.52. The number of halogens is 1. The largest absolute Gasteiger partial charge is 0.382 e. The van der Waals surface area contributed by atoms with Crippen LogP contribution in [-0.2, 0) is 14.2 Å². The number of guanidine groups is 1. The summed E-state index contributed by atoms with van der Waals surface area (Å²) < 4.78 is 16.0. The number of hydrogen-bond donors (Lipinski definition) is 2. The average Bonchev–Trinajstić information content (AvgIpc) is 3.14. The van der Waals surface area contributed by atoms with E-state index in [4.69, 9.17) is 14.2 Å². The number of aliphatic imine (C=N–C) groups is 1. The molecule has 0 bridgehead atoms. The van der Waals surface area contributed by atoms with E-state index in [9.17, 15) is 0 Å². The van der Waals surface area contributed by atoms with Gasteiger partial charge in [-0.05, 0) is 18.6 Å². The molecule has 2 heterocycles. The van der Waals surface area contributed by atoms with Gasteiger partial charge in [0, 0.05) is 58.2 Å². The van der Waals surface area contributed by atoms with Crippen LogP contribution in [0.1, 0.15) is 12.8 Å². The Bertz CT molecular complexity index is 392. The highest BCUT2D eigenvalue weighted by Crippen LogP contribution is 2.33. The molecule has 154 valence electrons. The van der Waals surface area contributed by atoms with Gasteiger partial charge in [0.2, 0.25) is 0 Å². The number of ether oxygens (including phenoxy) is 3. The number of nitrogens with one attached hydrogen (secondary N) is 2. The van der Waals surface area contributed by atoms with Crippen LogP contribution in [0.25, 0.3) is 0 Å². The van der Waals surface area contributed by atoms with Gasteiger partial charge in [-0.15, -0.1) is 24.0 Å². The highest BCUT2D eigenvalue weighted by atomic mass is 127. The normalized spacial score (nSPS) is 24.3. The molecular weight excluding hydrogens is 467 g/mol. The molecule has 0 amide bonds. The molecule has 0 aromatic heterocycles. The van der Waals surface area contributed by atoms with Crippen molar-refractivity contribution in [1.82, 2.24) is 15.5 Å². The molecule has 0 saturated carbocycles. The summed E-state index contributed by atoms with van der Waals surface area (Å²) in [5.41, 5.74) is 0.231. The van der Waals surface area contributed by atoms with Crippen molar-refractivity contribution in [3.05, 3.63) is 0 Å². The second kappa shape index (κ2) is 14.2. The van der Waals surface area contributed by atoms with Crippen LogP contribution >= 0.6 is 35.7 Å². The lowest BCUT2D eigenvalue weighted by Crippen LogP contribution is -2.60. The Balaban J connectivity index is 0.00000338. The van der Waals surface area contributed by atoms with Crippen molar-refractivity contribution in [2.75, 3.05) is 84.9 Å². The van der Waals surface area contributed by atoms with Gasteiger partial charge in [-0.1, -0.05) is 0 Å². The van der Waals surface area contributed by atoms with E-state index in [1.165, 1.54) is 17.9 Å². The van der Waals surface area contributed by atoms with Gasteiger partial charge in [0.05, 0.1) is 26.4 Å². The van der Waals surface area contributed by atoms with Crippen molar-refractivity contribution in [2.45, 2.75) is 18.4 Å². The van der Waals surface area contributed by atoms with Gasteiger partial charge in [-0.3, -0.25) is 9.89 Å². The fraction of sp³-hybridized carbons (Fsp3) is 0.941. The number of thioether (sulfide) groups is 1. The fourth-order valence-electron chi connectivity index (χ4n) is 3.23. The van der Waals surface area contributed by atoms with E-state index in [0.717, 1.165) is 58.4 Å². The Hall–Kier alpha value is 0.190. The predicted molar refractivity (Wildman–Crippen MR) is 119 cm³/mol. The van der Waals surface area contributed by atoms with Gasteiger partial charge in [0.25, 0.3) is 0 Å². The van der Waals surface area contributed by atoms with Crippen molar-refractivity contribution >= 4 is 41.7 Å². The third-order valence-corrected chi connectivity index (χ3v) is 6.00. The summed E-state index contributed by atoms with van der Waals surface area (Å²) in [6.45, 7) is 7.60. The first kappa shape index (κ1) is 24.2. The molecule has 2 N–H and O–H groups in total. The molecule has 7 nitrogen and oxygen atoms in total. The molecule has 0 aromatic carbocycles. The van der Waals surface area contributed by atoms with Gasteiger partial charge >= 0.3 is 0 Å². The zero-order valence-electron chi connectivity index (χ0n) is 16.1. The second-order valence-corrected chi connectivity index (χ2v) is 7.54. The molecule has 0 aliphatic carbocycles. The minimum Gasteiger partial charge on any atom is -0.382 e. The van der Waals surface area contributed by atoms with Crippen LogP contribution in [0, 0.1) is 0 Å². The van der Waals surface area contributed by atoms with E-state index >= 15 is 0 Å². The number of rotatable bonds is 10. The Morgan fingerprint density at radius 3 is 2.69 bits per heavy atom. The number of hydrogen-bond acceptors (Lipinski definition) is 6. The quantitative estimate of drug-likeness (QED) is 0.200. The monoisotopic (exact) mass is 502 g/mol. The van der Waals surface area contributed by atoms with Gasteiger partial charge < -0.3 is 24.8 Å². The van der Waals surface area contributed by atoms with Crippen LogP contribution in [0.3, 0.4) is 0 Å². The zero-order valence-corrected chi connectivity index (χ0v) is 19.3. The lowest BCUT2D eigenvalue weighted by molar-refractivity contribution is -0.0120. The maximum absolute atomic E-state index is 5.53. The van der Waals surface area contributed by atoms with Crippen LogP contribution in [0.15, 0.2) is 4.99 Å². The summed E-state index contributed by atoms with van der Waals surface area (Å²) in [6.07, 6.45) is 2.18. The average molecular weight is 502 g/mol. The minimum atomic E-state index is 0. The lowest BCUT2D eigenvalue weighted by atomic mass is 9.95. The maximum atomic E-state index is 5.53. The summed E-state index contributed by atoms with van der Waals surface area (Å²) >= 11 is 2.06. The molecule has 2 saturated heterocycles. The maximum Gasteiger partial charge on any atom is 0.191 e. The van der Waals surface area contributed by atoms with Crippen molar-refractivity contribution in [3.63, 3.8) is 0 Å². The van der Waals surface area contributed by atoms with Crippen LogP contribution in [0.5, 0.6) is 0 Å². The summed E-state index contributed by atoms with van der Waals surface area (Å²) in [4.78, 5) is 6.97. The summed E-state index contributed by atoms with van der Waals surface area (Å²) in [5, 5.41) is 6.93. The first-order valence-electron chi connectivity index (χ1n) is 9.22. The molecule has 2 aliphatic rings. The fourth-order valence-corrected chi connectivity index (χ4v) is 4.71. The van der Waals surface area contributed by atoms with Crippen LogP contribution in [-0.4, -0.2) is 101 Å². The standard InChI is InChI=1S/C17H34N4O3S.HI/c1-18-16(19-5-3-8-23-12-11-22-2)20-14-17(4-13-25-15-17)21-6-9-24-10-7-21;/h3-15H2,1-2H3,(H2,18,19,20);1H. The van der Waals surface area contributed by atoms with E-state index in [1.807, 2.05) is 7.05 Å². The van der Waals surface area contributed by atoms with Gasteiger partial charge in [0.15, 0.2) is 5.96 Å². The Labute approximate surface area is 179 Å². The summed E-state index contributed by atoms with van der Waals surface area (Å²) in [6, 6.07) is 0. The van der Waals surface area contributed by atoms with E-state index in [0.29, 0.717) is 13.2 Å². The van der Waals surface area contributed by atoms with Gasteiger partial charge in [-0.25, -0.2) is 0 Å². The Morgan fingerprint density at radius 2 is 2.04 bits per heavy atom. The molecule has 0 aromatic rings. The van der Waals surface area contributed by atoms with Gasteiger partial charge in [0.1, 0.15) is 0 Å². The van der Waals surface area contributed by atoms with Crippen LogP contribution in [0.2, 0.25) is 0 Å². The highest BCUT2D eigenvalue weighted by molar-refractivity contribution is 14.0. The molecule has 26 heavy (non-hydrogen) atoms. The minimum absolute atomic E-state index is 0. The van der Waals surface area contributed by atoms with Crippen molar-refractivity contribution in [3.8, 4) is 0 Å². The molecule has 2 aliphatic heterocycles. The highest BCUT2D eigenvalue weighted by Gasteiger charge is 2.40. The lowest BCUT2D eigenvalue weighted by Gasteiger charge is -2.43. The molecule has 9 heteroatoms. The van der Waals surface area contributed by atoms with Crippen molar-refractivity contribution in [2.24, 2.45) is 4.99 Å². The topological polar surface area (TPSA) is 67.4 Å².